The van der Waals surface area contributed by atoms with E-state index in [2.05, 4.69) is 27.8 Å². The number of aryl methyl sites for hydroxylation is 1. The number of carbonyl (C=O) groups is 2. The standard InChI is InChI=1S/C15H18N4O2S/c1-3-4-5-13-18-19-15(22-13)17-14(21)11-6-8-12(9-7-11)16-10(2)20/h6-9H,3-5H2,1-2H3,(H,16,20)(H,17,19,21). The molecule has 0 spiro atoms. The van der Waals surface area contributed by atoms with E-state index in [1.165, 1.54) is 18.3 Å². The minimum atomic E-state index is -0.243. The van der Waals surface area contributed by atoms with Gasteiger partial charge in [-0.05, 0) is 30.7 Å². The van der Waals surface area contributed by atoms with E-state index in [0.717, 1.165) is 24.3 Å². The summed E-state index contributed by atoms with van der Waals surface area (Å²) in [5.41, 5.74) is 1.15. The van der Waals surface area contributed by atoms with Crippen LogP contribution in [-0.2, 0) is 11.2 Å². The predicted molar refractivity (Wildman–Crippen MR) is 87.2 cm³/mol. The number of aromatic nitrogens is 2. The molecule has 1 heterocycles. The summed E-state index contributed by atoms with van der Waals surface area (Å²) in [4.78, 5) is 23.1. The van der Waals surface area contributed by atoms with Crippen LogP contribution in [0.1, 0.15) is 42.1 Å². The molecule has 22 heavy (non-hydrogen) atoms. The lowest BCUT2D eigenvalue weighted by Gasteiger charge is -2.04. The second-order valence-corrected chi connectivity index (χ2v) is 5.88. The Hall–Kier alpha value is -2.28. The molecule has 0 bridgehead atoms. The van der Waals surface area contributed by atoms with Crippen molar-refractivity contribution in [3.63, 3.8) is 0 Å². The van der Waals surface area contributed by atoms with Crippen LogP contribution in [0.25, 0.3) is 0 Å². The topological polar surface area (TPSA) is 84.0 Å². The van der Waals surface area contributed by atoms with Crippen molar-refractivity contribution in [2.45, 2.75) is 33.1 Å². The van der Waals surface area contributed by atoms with Crippen LogP contribution >= 0.6 is 11.3 Å². The Morgan fingerprint density at radius 3 is 2.50 bits per heavy atom. The van der Waals surface area contributed by atoms with Gasteiger partial charge in [-0.2, -0.15) is 0 Å². The highest BCUT2D eigenvalue weighted by Crippen LogP contribution is 2.18. The van der Waals surface area contributed by atoms with Crippen LogP contribution in [0.2, 0.25) is 0 Å². The first-order valence-corrected chi connectivity index (χ1v) is 7.91. The van der Waals surface area contributed by atoms with Crippen molar-refractivity contribution in [3.05, 3.63) is 34.8 Å². The maximum atomic E-state index is 12.1. The molecule has 0 saturated heterocycles. The minimum absolute atomic E-state index is 0.148. The molecule has 0 saturated carbocycles. The summed E-state index contributed by atoms with van der Waals surface area (Å²) in [6, 6.07) is 6.67. The van der Waals surface area contributed by atoms with Crippen molar-refractivity contribution in [2.75, 3.05) is 10.6 Å². The van der Waals surface area contributed by atoms with E-state index in [4.69, 9.17) is 0 Å². The van der Waals surface area contributed by atoms with E-state index in [0.29, 0.717) is 16.4 Å². The van der Waals surface area contributed by atoms with Crippen LogP contribution in [0.4, 0.5) is 10.8 Å². The lowest BCUT2D eigenvalue weighted by atomic mass is 10.2. The van der Waals surface area contributed by atoms with Crippen molar-refractivity contribution in [1.82, 2.24) is 10.2 Å². The molecule has 0 unspecified atom stereocenters. The third-order valence-corrected chi connectivity index (χ3v) is 3.80. The van der Waals surface area contributed by atoms with E-state index in [1.54, 1.807) is 24.3 Å². The maximum absolute atomic E-state index is 12.1. The number of hydrogen-bond donors (Lipinski definition) is 2. The molecule has 0 fully saturated rings. The molecule has 0 atom stereocenters. The first-order chi connectivity index (χ1) is 10.6. The molecule has 0 aliphatic carbocycles. The number of unbranched alkanes of at least 4 members (excludes halogenated alkanes) is 1. The molecule has 2 rings (SSSR count). The van der Waals surface area contributed by atoms with Gasteiger partial charge < -0.3 is 5.32 Å². The van der Waals surface area contributed by atoms with Crippen LogP contribution in [-0.4, -0.2) is 22.0 Å². The number of nitrogens with zero attached hydrogens (tertiary/aromatic N) is 2. The Morgan fingerprint density at radius 1 is 1.14 bits per heavy atom. The third kappa shape index (κ3) is 4.63. The summed E-state index contributed by atoms with van der Waals surface area (Å²) >= 11 is 1.40. The molecule has 2 amide bonds. The zero-order valence-corrected chi connectivity index (χ0v) is 13.4. The summed E-state index contributed by atoms with van der Waals surface area (Å²) in [7, 11) is 0. The number of anilines is 2. The molecular weight excluding hydrogens is 300 g/mol. The summed E-state index contributed by atoms with van der Waals surface area (Å²) in [5, 5.41) is 14.8. The number of hydrogen-bond acceptors (Lipinski definition) is 5. The zero-order valence-electron chi connectivity index (χ0n) is 12.5. The van der Waals surface area contributed by atoms with Crippen LogP contribution in [0, 0.1) is 0 Å². The molecule has 0 aliphatic heterocycles. The van der Waals surface area contributed by atoms with Crippen LogP contribution < -0.4 is 10.6 Å². The third-order valence-electron chi connectivity index (χ3n) is 2.90. The van der Waals surface area contributed by atoms with Gasteiger partial charge in [-0.25, -0.2) is 0 Å². The highest BCUT2D eigenvalue weighted by molar-refractivity contribution is 7.15. The van der Waals surface area contributed by atoms with Gasteiger partial charge in [-0.3, -0.25) is 14.9 Å². The molecule has 116 valence electrons. The van der Waals surface area contributed by atoms with Gasteiger partial charge >= 0.3 is 0 Å². The average molecular weight is 318 g/mol. The highest BCUT2D eigenvalue weighted by Gasteiger charge is 2.10. The lowest BCUT2D eigenvalue weighted by molar-refractivity contribution is -0.114. The Kier molecular flexibility index (Phi) is 5.60. The molecule has 7 heteroatoms. The fraction of sp³-hybridized carbons (Fsp3) is 0.333. The van der Waals surface area contributed by atoms with Crippen molar-refractivity contribution >= 4 is 34.0 Å². The first kappa shape index (κ1) is 16.1. The van der Waals surface area contributed by atoms with Gasteiger partial charge in [-0.1, -0.05) is 24.7 Å². The summed E-state index contributed by atoms with van der Waals surface area (Å²) in [6.45, 7) is 3.56. The van der Waals surface area contributed by atoms with Crippen molar-refractivity contribution < 1.29 is 9.59 Å². The Morgan fingerprint density at radius 2 is 1.86 bits per heavy atom. The molecule has 0 radical (unpaired) electrons. The van der Waals surface area contributed by atoms with E-state index in [-0.39, 0.29) is 11.8 Å². The Labute approximate surface area is 133 Å². The van der Waals surface area contributed by atoms with Gasteiger partial charge in [0, 0.05) is 24.6 Å². The van der Waals surface area contributed by atoms with E-state index >= 15 is 0 Å². The average Bonchev–Trinajstić information content (AvgIpc) is 2.92. The number of amides is 2. The van der Waals surface area contributed by atoms with Gasteiger partial charge in [-0.15, -0.1) is 10.2 Å². The lowest BCUT2D eigenvalue weighted by Crippen LogP contribution is -2.12. The van der Waals surface area contributed by atoms with Crippen molar-refractivity contribution in [1.29, 1.82) is 0 Å². The number of rotatable bonds is 6. The quantitative estimate of drug-likeness (QED) is 0.857. The minimum Gasteiger partial charge on any atom is -0.326 e. The SMILES string of the molecule is CCCCc1nnc(NC(=O)c2ccc(NC(C)=O)cc2)s1. The molecular formula is C15H18N4O2S. The van der Waals surface area contributed by atoms with Crippen LogP contribution in [0.5, 0.6) is 0 Å². The summed E-state index contributed by atoms with van der Waals surface area (Å²) in [6.07, 6.45) is 3.05. The van der Waals surface area contributed by atoms with Crippen molar-refractivity contribution in [2.24, 2.45) is 0 Å². The Balaban J connectivity index is 1.96. The molecule has 1 aromatic carbocycles. The predicted octanol–water partition coefficient (Wildman–Crippen LogP) is 3.09. The smallest absolute Gasteiger partial charge is 0.257 e. The maximum Gasteiger partial charge on any atom is 0.257 e. The fourth-order valence-corrected chi connectivity index (χ4v) is 2.59. The van der Waals surface area contributed by atoms with Gasteiger partial charge in [0.15, 0.2) is 0 Å². The summed E-state index contributed by atoms with van der Waals surface area (Å²) in [5.74, 6) is -0.391. The second-order valence-electron chi connectivity index (χ2n) is 4.82. The Bertz CT molecular complexity index is 652. The first-order valence-electron chi connectivity index (χ1n) is 7.10. The van der Waals surface area contributed by atoms with Crippen LogP contribution in [0.3, 0.4) is 0 Å². The summed E-state index contributed by atoms with van der Waals surface area (Å²) < 4.78 is 0. The molecule has 6 nitrogen and oxygen atoms in total. The van der Waals surface area contributed by atoms with Gasteiger partial charge in [0.25, 0.3) is 5.91 Å². The molecule has 1 aromatic heterocycles. The van der Waals surface area contributed by atoms with Crippen LogP contribution in [0.15, 0.2) is 24.3 Å². The van der Waals surface area contributed by atoms with Crippen molar-refractivity contribution in [3.8, 4) is 0 Å². The second kappa shape index (κ2) is 7.65. The van der Waals surface area contributed by atoms with Gasteiger partial charge in [0.1, 0.15) is 5.01 Å². The number of nitrogens with one attached hydrogen (secondary N) is 2. The van der Waals surface area contributed by atoms with E-state index in [1.807, 2.05) is 0 Å². The number of benzene rings is 1. The van der Waals surface area contributed by atoms with E-state index in [9.17, 15) is 9.59 Å². The fourth-order valence-electron chi connectivity index (χ4n) is 1.81. The zero-order chi connectivity index (χ0) is 15.9. The van der Waals surface area contributed by atoms with Gasteiger partial charge in [0.05, 0.1) is 0 Å². The largest absolute Gasteiger partial charge is 0.326 e. The molecule has 2 aromatic rings. The molecule has 0 aliphatic rings. The normalized spacial score (nSPS) is 10.3. The highest BCUT2D eigenvalue weighted by atomic mass is 32.1. The van der Waals surface area contributed by atoms with Gasteiger partial charge in [0.2, 0.25) is 11.0 Å². The number of carbonyl (C=O) groups excluding carboxylic acids is 2. The van der Waals surface area contributed by atoms with E-state index < -0.39 is 0 Å². The monoisotopic (exact) mass is 318 g/mol. The molecule has 2 N–H and O–H groups in total.